The van der Waals surface area contributed by atoms with Crippen molar-refractivity contribution in [3.8, 4) is 11.5 Å². The van der Waals surface area contributed by atoms with Gasteiger partial charge in [0.2, 0.25) is 0 Å². The Balaban J connectivity index is 2.20. The summed E-state index contributed by atoms with van der Waals surface area (Å²) >= 11 is 0. The lowest BCUT2D eigenvalue weighted by atomic mass is 10.2. The molecule has 1 aromatic carbocycles. The van der Waals surface area contributed by atoms with E-state index < -0.39 is 4.92 Å². The second-order valence-electron chi connectivity index (χ2n) is 4.22. The molecule has 0 fully saturated rings. The van der Waals surface area contributed by atoms with Gasteiger partial charge in [-0.3, -0.25) is 15.1 Å². The van der Waals surface area contributed by atoms with Crippen LogP contribution in [0, 0.1) is 17.0 Å². The zero-order valence-electron chi connectivity index (χ0n) is 11.6. The molecule has 0 atom stereocenters. The van der Waals surface area contributed by atoms with E-state index in [9.17, 15) is 10.1 Å². The fraction of sp³-hybridized carbons (Fsp3) is 0.143. The molecule has 2 aromatic rings. The highest BCUT2D eigenvalue weighted by Crippen LogP contribution is 2.28. The Bertz CT molecular complexity index is 686. The van der Waals surface area contributed by atoms with Gasteiger partial charge in [0.1, 0.15) is 17.3 Å². The van der Waals surface area contributed by atoms with Crippen molar-refractivity contribution in [1.29, 1.82) is 0 Å². The number of nitrogens with zero attached hydrogens (tertiary/aromatic N) is 3. The van der Waals surface area contributed by atoms with E-state index in [2.05, 4.69) is 15.3 Å². The fourth-order valence-corrected chi connectivity index (χ4v) is 1.67. The van der Waals surface area contributed by atoms with Gasteiger partial charge in [-0.1, -0.05) is 0 Å². The number of benzene rings is 1. The van der Waals surface area contributed by atoms with E-state index in [0.717, 1.165) is 0 Å². The van der Waals surface area contributed by atoms with Gasteiger partial charge in [-0.05, 0) is 24.6 Å². The second kappa shape index (κ2) is 6.47. The van der Waals surface area contributed by atoms with Gasteiger partial charge >= 0.3 is 0 Å². The summed E-state index contributed by atoms with van der Waals surface area (Å²) in [5.74, 6) is 1.73. The Morgan fingerprint density at radius 1 is 1.38 bits per heavy atom. The number of nitro benzene ring substituents is 1. The summed E-state index contributed by atoms with van der Waals surface area (Å²) in [6.07, 6.45) is 3.12. The van der Waals surface area contributed by atoms with Gasteiger partial charge in [0, 0.05) is 31.4 Å². The molecule has 0 bridgehead atoms. The molecule has 0 saturated carbocycles. The smallest absolute Gasteiger partial charge is 0.269 e. The quantitative estimate of drug-likeness (QED) is 0.394. The fourth-order valence-electron chi connectivity index (χ4n) is 1.67. The summed E-state index contributed by atoms with van der Waals surface area (Å²) in [7, 11) is 1.65. The molecule has 2 rings (SSSR count). The number of non-ortho nitro benzene ring substituents is 1. The first-order valence-electron chi connectivity index (χ1n) is 6.16. The standard InChI is InChI=1S/C14H14N4O3/c1-10-7-11(18(19)20)3-4-13(10)21-12-5-6-16-14(8-12)17-9-15-2/h3-9H,1-2H3,(H,15,16,17). The lowest BCUT2D eigenvalue weighted by molar-refractivity contribution is -0.384. The minimum absolute atomic E-state index is 0.0380. The van der Waals surface area contributed by atoms with Crippen LogP contribution in [0.5, 0.6) is 11.5 Å². The molecule has 1 aromatic heterocycles. The molecule has 0 saturated heterocycles. The molecule has 21 heavy (non-hydrogen) atoms. The summed E-state index contributed by atoms with van der Waals surface area (Å²) in [5, 5.41) is 13.6. The molecule has 0 aliphatic rings. The van der Waals surface area contributed by atoms with Crippen LogP contribution < -0.4 is 10.1 Å². The van der Waals surface area contributed by atoms with Crippen molar-refractivity contribution < 1.29 is 9.66 Å². The van der Waals surface area contributed by atoms with Crippen LogP contribution in [0.15, 0.2) is 41.5 Å². The lowest BCUT2D eigenvalue weighted by Crippen LogP contribution is -1.97. The summed E-state index contributed by atoms with van der Waals surface area (Å²) in [4.78, 5) is 18.2. The second-order valence-corrected chi connectivity index (χ2v) is 4.22. The highest BCUT2D eigenvalue weighted by Gasteiger charge is 2.09. The van der Waals surface area contributed by atoms with E-state index in [1.54, 1.807) is 38.4 Å². The maximum Gasteiger partial charge on any atom is 0.269 e. The van der Waals surface area contributed by atoms with Crippen molar-refractivity contribution in [1.82, 2.24) is 4.98 Å². The number of ether oxygens (including phenoxy) is 1. The van der Waals surface area contributed by atoms with E-state index in [1.807, 2.05) is 0 Å². The first-order valence-corrected chi connectivity index (χ1v) is 6.16. The summed E-state index contributed by atoms with van der Waals surface area (Å²) in [6, 6.07) is 7.87. The van der Waals surface area contributed by atoms with Gasteiger partial charge < -0.3 is 10.1 Å². The molecule has 0 radical (unpaired) electrons. The van der Waals surface area contributed by atoms with E-state index in [-0.39, 0.29) is 5.69 Å². The van der Waals surface area contributed by atoms with Crippen LogP contribution in [0.4, 0.5) is 11.5 Å². The van der Waals surface area contributed by atoms with Crippen LogP contribution in [0.2, 0.25) is 0 Å². The Kier molecular flexibility index (Phi) is 4.45. The number of hydrogen-bond donors (Lipinski definition) is 1. The molecular formula is C14H14N4O3. The molecule has 0 aliphatic carbocycles. The zero-order chi connectivity index (χ0) is 15.2. The minimum atomic E-state index is -0.435. The van der Waals surface area contributed by atoms with Crippen LogP contribution in [0.3, 0.4) is 0 Å². The SMILES string of the molecule is CN=CNc1cc(Oc2ccc([N+](=O)[O-])cc2C)ccn1. The van der Waals surface area contributed by atoms with Crippen molar-refractivity contribution in [2.75, 3.05) is 12.4 Å². The van der Waals surface area contributed by atoms with Gasteiger partial charge in [0.05, 0.1) is 11.3 Å². The Morgan fingerprint density at radius 3 is 2.86 bits per heavy atom. The number of nitro groups is 1. The van der Waals surface area contributed by atoms with E-state index in [4.69, 9.17) is 4.74 Å². The average molecular weight is 286 g/mol. The van der Waals surface area contributed by atoms with Gasteiger partial charge in [0.15, 0.2) is 0 Å². The van der Waals surface area contributed by atoms with Crippen molar-refractivity contribution in [3.63, 3.8) is 0 Å². The average Bonchev–Trinajstić information content (AvgIpc) is 2.47. The van der Waals surface area contributed by atoms with Gasteiger partial charge in [-0.15, -0.1) is 0 Å². The molecule has 7 nitrogen and oxygen atoms in total. The topological polar surface area (TPSA) is 89.7 Å². The van der Waals surface area contributed by atoms with Crippen molar-refractivity contribution in [3.05, 3.63) is 52.2 Å². The van der Waals surface area contributed by atoms with Crippen LogP contribution in [-0.2, 0) is 0 Å². The first kappa shape index (κ1) is 14.4. The predicted octanol–water partition coefficient (Wildman–Crippen LogP) is 3.16. The first-order chi connectivity index (χ1) is 10.1. The van der Waals surface area contributed by atoms with Crippen LogP contribution in [0.25, 0.3) is 0 Å². The summed E-state index contributed by atoms with van der Waals surface area (Å²) in [5.41, 5.74) is 0.724. The van der Waals surface area contributed by atoms with E-state index in [1.165, 1.54) is 18.5 Å². The lowest BCUT2D eigenvalue weighted by Gasteiger charge is -2.09. The molecule has 7 heteroatoms. The third kappa shape index (κ3) is 3.75. The normalized spacial score (nSPS) is 10.6. The van der Waals surface area contributed by atoms with E-state index >= 15 is 0 Å². The summed E-state index contributed by atoms with van der Waals surface area (Å²) < 4.78 is 5.72. The number of pyridine rings is 1. The Labute approximate surface area is 121 Å². The monoisotopic (exact) mass is 286 g/mol. The number of anilines is 1. The molecule has 0 spiro atoms. The molecule has 1 N–H and O–H groups in total. The van der Waals surface area contributed by atoms with Crippen LogP contribution in [0.1, 0.15) is 5.56 Å². The van der Waals surface area contributed by atoms with Crippen molar-refractivity contribution >= 4 is 17.8 Å². The van der Waals surface area contributed by atoms with Gasteiger partial charge in [0.25, 0.3) is 5.69 Å². The number of rotatable bonds is 5. The van der Waals surface area contributed by atoms with E-state index in [0.29, 0.717) is 22.9 Å². The minimum Gasteiger partial charge on any atom is -0.457 e. The number of aryl methyl sites for hydroxylation is 1. The molecular weight excluding hydrogens is 272 g/mol. The number of hydrogen-bond acceptors (Lipinski definition) is 5. The maximum absolute atomic E-state index is 10.7. The zero-order valence-corrected chi connectivity index (χ0v) is 11.6. The molecule has 0 amide bonds. The molecule has 0 aliphatic heterocycles. The van der Waals surface area contributed by atoms with Crippen LogP contribution in [-0.4, -0.2) is 23.3 Å². The Hall–Kier alpha value is -2.96. The highest BCUT2D eigenvalue weighted by atomic mass is 16.6. The van der Waals surface area contributed by atoms with Crippen LogP contribution >= 0.6 is 0 Å². The number of nitrogens with one attached hydrogen (secondary N) is 1. The predicted molar refractivity (Wildman–Crippen MR) is 80.2 cm³/mol. The number of aromatic nitrogens is 1. The highest BCUT2D eigenvalue weighted by molar-refractivity contribution is 5.73. The largest absolute Gasteiger partial charge is 0.457 e. The van der Waals surface area contributed by atoms with Crippen molar-refractivity contribution in [2.24, 2.45) is 4.99 Å². The molecule has 0 unspecified atom stereocenters. The van der Waals surface area contributed by atoms with Gasteiger partial charge in [-0.2, -0.15) is 0 Å². The third-order valence-electron chi connectivity index (χ3n) is 2.67. The third-order valence-corrected chi connectivity index (χ3v) is 2.67. The van der Waals surface area contributed by atoms with Gasteiger partial charge in [-0.25, -0.2) is 4.98 Å². The number of aliphatic imine (C=N–C) groups is 1. The molecule has 108 valence electrons. The molecule has 1 heterocycles. The maximum atomic E-state index is 10.7. The summed E-state index contributed by atoms with van der Waals surface area (Å²) in [6.45, 7) is 1.76. The van der Waals surface area contributed by atoms with Crippen molar-refractivity contribution in [2.45, 2.75) is 6.92 Å². The Morgan fingerprint density at radius 2 is 2.19 bits per heavy atom.